The number of amides is 1. The van der Waals surface area contributed by atoms with Gasteiger partial charge in [-0.05, 0) is 37.9 Å². The zero-order chi connectivity index (χ0) is 19.2. The number of carbonyl (C=O) groups excluding carboxylic acids is 1. The van der Waals surface area contributed by atoms with E-state index >= 15 is 0 Å². The fraction of sp³-hybridized carbons (Fsp3) is 0.318. The molecule has 27 heavy (non-hydrogen) atoms. The minimum atomic E-state index is -0.0171. The third kappa shape index (κ3) is 4.90. The van der Waals surface area contributed by atoms with E-state index in [0.29, 0.717) is 6.54 Å². The van der Waals surface area contributed by atoms with Crippen LogP contribution >= 0.6 is 22.9 Å². The van der Waals surface area contributed by atoms with Crippen molar-refractivity contribution < 1.29 is 4.79 Å². The summed E-state index contributed by atoms with van der Waals surface area (Å²) >= 11 is 2.34. The average molecular weight is 475 g/mol. The van der Waals surface area contributed by atoms with Crippen LogP contribution in [0.15, 0.2) is 71.9 Å². The molecule has 5 heteroatoms. The second-order valence-electron chi connectivity index (χ2n) is 6.86. The van der Waals surface area contributed by atoms with E-state index in [9.17, 15) is 4.79 Å². The molecule has 1 heterocycles. The molecule has 142 valence electrons. The number of halogens is 1. The highest BCUT2D eigenvalue weighted by Gasteiger charge is 2.26. The van der Waals surface area contributed by atoms with Gasteiger partial charge < -0.3 is 13.7 Å². The van der Waals surface area contributed by atoms with Gasteiger partial charge in [0.15, 0.2) is 0 Å². The molecule has 2 aromatic carbocycles. The molecule has 1 amide bonds. The zero-order valence-corrected chi connectivity index (χ0v) is 17.9. The molecule has 0 unspecified atom stereocenters. The summed E-state index contributed by atoms with van der Waals surface area (Å²) in [6.07, 6.45) is 0.740. The Balaban J connectivity index is 1.80. The van der Waals surface area contributed by atoms with E-state index in [1.807, 2.05) is 43.3 Å². The molecule has 0 radical (unpaired) electrons. The van der Waals surface area contributed by atoms with E-state index in [-0.39, 0.29) is 18.0 Å². The molecular formula is C22H26IN3O. The molecule has 2 aromatic rings. The average Bonchev–Trinajstić information content (AvgIpc) is 2.73. The van der Waals surface area contributed by atoms with Crippen molar-refractivity contribution in [3.63, 3.8) is 0 Å². The largest absolute Gasteiger partial charge is 0.346 e. The Morgan fingerprint density at radius 2 is 1.63 bits per heavy atom. The fourth-order valence-corrected chi connectivity index (χ4v) is 4.11. The number of hydrogen-bond donors (Lipinski definition) is 2. The van der Waals surface area contributed by atoms with E-state index in [0.717, 1.165) is 29.8 Å². The number of hydrogen-bond acceptors (Lipinski definition) is 3. The van der Waals surface area contributed by atoms with Gasteiger partial charge in [0.1, 0.15) is 0 Å². The predicted molar refractivity (Wildman–Crippen MR) is 118 cm³/mol. The molecule has 0 saturated carbocycles. The number of nitrogens with zero attached hydrogens (tertiary/aromatic N) is 1. The third-order valence-corrected chi connectivity index (χ3v) is 6.41. The first kappa shape index (κ1) is 19.9. The van der Waals surface area contributed by atoms with Crippen LogP contribution in [-0.2, 0) is 4.79 Å². The molecule has 4 nitrogen and oxygen atoms in total. The lowest BCUT2D eigenvalue weighted by atomic mass is 10.0. The van der Waals surface area contributed by atoms with Crippen molar-refractivity contribution in [2.75, 3.05) is 13.1 Å². The SMILES string of the molecule is C[C@H](NC(=O)C1=C(N(I)[C@@H](C)c2ccccc2)CNCC1)c1ccccc1. The van der Waals surface area contributed by atoms with Crippen molar-refractivity contribution in [3.8, 4) is 0 Å². The molecule has 0 spiro atoms. The number of benzene rings is 2. The van der Waals surface area contributed by atoms with Gasteiger partial charge in [-0.1, -0.05) is 60.7 Å². The van der Waals surface area contributed by atoms with Crippen LogP contribution in [0.1, 0.15) is 43.5 Å². The van der Waals surface area contributed by atoms with Crippen LogP contribution in [0, 0.1) is 0 Å². The first-order chi connectivity index (χ1) is 13.1. The summed E-state index contributed by atoms with van der Waals surface area (Å²) in [7, 11) is 0. The maximum atomic E-state index is 13.0. The van der Waals surface area contributed by atoms with Gasteiger partial charge in [-0.3, -0.25) is 4.79 Å². The standard InChI is InChI=1S/C22H26IN3O/c1-16(18-9-5-3-6-10-18)25-22(27)20-13-14-24-15-21(20)26(23)17(2)19-11-7-4-8-12-19/h3-12,16-17,24H,13-15H2,1-2H3,(H,25,27)/t16-,17-/m0/s1. The van der Waals surface area contributed by atoms with Gasteiger partial charge in [0.05, 0.1) is 34.9 Å². The second-order valence-corrected chi connectivity index (χ2v) is 7.90. The maximum Gasteiger partial charge on any atom is 0.249 e. The van der Waals surface area contributed by atoms with E-state index in [2.05, 4.69) is 67.8 Å². The van der Waals surface area contributed by atoms with Crippen molar-refractivity contribution in [1.82, 2.24) is 13.7 Å². The van der Waals surface area contributed by atoms with Crippen molar-refractivity contribution in [2.45, 2.75) is 32.4 Å². The van der Waals surface area contributed by atoms with Crippen LogP contribution in [0.4, 0.5) is 0 Å². The van der Waals surface area contributed by atoms with Crippen molar-refractivity contribution in [3.05, 3.63) is 83.1 Å². The first-order valence-corrected chi connectivity index (χ1v) is 10.3. The monoisotopic (exact) mass is 475 g/mol. The second kappa shape index (κ2) is 9.37. The Hall–Kier alpha value is -1.86. The van der Waals surface area contributed by atoms with Crippen LogP contribution in [0.25, 0.3) is 0 Å². The highest BCUT2D eigenvalue weighted by atomic mass is 127. The molecule has 0 bridgehead atoms. The van der Waals surface area contributed by atoms with E-state index in [4.69, 9.17) is 0 Å². The summed E-state index contributed by atoms with van der Waals surface area (Å²) in [6, 6.07) is 20.7. The summed E-state index contributed by atoms with van der Waals surface area (Å²) in [5.41, 5.74) is 4.30. The molecule has 1 aliphatic rings. The topological polar surface area (TPSA) is 44.4 Å². The molecular weight excluding hydrogens is 449 g/mol. The van der Waals surface area contributed by atoms with Gasteiger partial charge in [0.2, 0.25) is 5.91 Å². The van der Waals surface area contributed by atoms with Crippen molar-refractivity contribution in [2.24, 2.45) is 0 Å². The Morgan fingerprint density at radius 3 is 2.26 bits per heavy atom. The smallest absolute Gasteiger partial charge is 0.249 e. The first-order valence-electron chi connectivity index (χ1n) is 9.36. The molecule has 3 rings (SSSR count). The zero-order valence-electron chi connectivity index (χ0n) is 15.8. The minimum Gasteiger partial charge on any atom is -0.346 e. The number of carbonyl (C=O) groups is 1. The van der Waals surface area contributed by atoms with E-state index < -0.39 is 0 Å². The summed E-state index contributed by atoms with van der Waals surface area (Å²) in [5, 5.41) is 6.58. The normalized spacial score (nSPS) is 16.6. The molecule has 1 aliphatic heterocycles. The van der Waals surface area contributed by atoms with Crippen molar-refractivity contribution in [1.29, 1.82) is 0 Å². The van der Waals surface area contributed by atoms with Gasteiger partial charge in [-0.15, -0.1) is 0 Å². The summed E-state index contributed by atoms with van der Waals surface area (Å²) < 4.78 is 2.20. The minimum absolute atomic E-state index is 0.0171. The van der Waals surface area contributed by atoms with Crippen LogP contribution in [0.2, 0.25) is 0 Å². The molecule has 0 aliphatic carbocycles. The van der Waals surface area contributed by atoms with E-state index in [1.54, 1.807) is 0 Å². The van der Waals surface area contributed by atoms with Gasteiger partial charge in [-0.25, -0.2) is 0 Å². The molecule has 2 atom stereocenters. The highest BCUT2D eigenvalue weighted by molar-refractivity contribution is 14.1. The highest BCUT2D eigenvalue weighted by Crippen LogP contribution is 2.31. The Bertz CT molecular complexity index is 792. The molecule has 0 aromatic heterocycles. The summed E-state index contributed by atoms with van der Waals surface area (Å²) in [5.74, 6) is 0.0322. The van der Waals surface area contributed by atoms with Gasteiger partial charge in [0.25, 0.3) is 0 Å². The fourth-order valence-electron chi connectivity index (χ4n) is 3.33. The molecule has 0 fully saturated rings. The predicted octanol–water partition coefficient (Wildman–Crippen LogP) is 4.52. The lowest BCUT2D eigenvalue weighted by Crippen LogP contribution is -2.38. The van der Waals surface area contributed by atoms with Crippen LogP contribution in [0.5, 0.6) is 0 Å². The molecule has 0 saturated heterocycles. The maximum absolute atomic E-state index is 13.0. The summed E-state index contributed by atoms with van der Waals surface area (Å²) in [4.78, 5) is 13.0. The van der Waals surface area contributed by atoms with Gasteiger partial charge in [-0.2, -0.15) is 0 Å². The Kier molecular flexibility index (Phi) is 6.90. The third-order valence-electron chi connectivity index (χ3n) is 4.99. The number of rotatable bonds is 6. The van der Waals surface area contributed by atoms with Crippen LogP contribution < -0.4 is 10.6 Å². The van der Waals surface area contributed by atoms with Gasteiger partial charge >= 0.3 is 0 Å². The van der Waals surface area contributed by atoms with E-state index in [1.165, 1.54) is 5.56 Å². The van der Waals surface area contributed by atoms with Crippen LogP contribution in [0.3, 0.4) is 0 Å². The quantitative estimate of drug-likeness (QED) is 0.477. The lowest BCUT2D eigenvalue weighted by molar-refractivity contribution is -0.118. The van der Waals surface area contributed by atoms with Crippen LogP contribution in [-0.4, -0.2) is 22.1 Å². The molecule has 2 N–H and O–H groups in total. The van der Waals surface area contributed by atoms with Gasteiger partial charge in [0, 0.05) is 17.8 Å². The Morgan fingerprint density at radius 1 is 1.04 bits per heavy atom. The lowest BCUT2D eigenvalue weighted by Gasteiger charge is -2.32. The summed E-state index contributed by atoms with van der Waals surface area (Å²) in [6.45, 7) is 5.74. The number of nitrogens with one attached hydrogen (secondary N) is 2. The Labute approximate surface area is 175 Å². The van der Waals surface area contributed by atoms with Crippen molar-refractivity contribution >= 4 is 28.8 Å².